The van der Waals surface area contributed by atoms with Crippen molar-refractivity contribution in [3.05, 3.63) is 52.5 Å². The van der Waals surface area contributed by atoms with E-state index >= 15 is 0 Å². The lowest BCUT2D eigenvalue weighted by atomic mass is 9.98. The Hall–Kier alpha value is -2.67. The van der Waals surface area contributed by atoms with E-state index in [9.17, 15) is 4.79 Å². The number of rotatable bonds is 4. The van der Waals surface area contributed by atoms with Crippen LogP contribution in [0.1, 0.15) is 34.3 Å². The number of carbonyl (C=O) groups is 1. The Bertz CT molecular complexity index is 874. The van der Waals surface area contributed by atoms with Crippen LogP contribution in [0, 0.1) is 0 Å². The zero-order valence-corrected chi connectivity index (χ0v) is 15.2. The Kier molecular flexibility index (Phi) is 4.71. The third-order valence-corrected chi connectivity index (χ3v) is 5.43. The number of carbonyl (C=O) groups excluding carboxylic acids is 1. The molecule has 0 spiro atoms. The lowest BCUT2D eigenvalue weighted by Gasteiger charge is -2.30. The molecule has 1 atom stereocenters. The van der Waals surface area contributed by atoms with Gasteiger partial charge in [-0.2, -0.15) is 0 Å². The van der Waals surface area contributed by atoms with Gasteiger partial charge in [0, 0.05) is 18.7 Å². The molecule has 1 aliphatic heterocycles. The average molecular weight is 369 g/mol. The molecule has 1 aromatic carbocycles. The predicted molar refractivity (Wildman–Crippen MR) is 98.5 cm³/mol. The van der Waals surface area contributed by atoms with Crippen molar-refractivity contribution in [3.8, 4) is 17.2 Å². The highest BCUT2D eigenvalue weighted by molar-refractivity contribution is 7.12. The highest BCUT2D eigenvalue weighted by atomic mass is 32.1. The summed E-state index contributed by atoms with van der Waals surface area (Å²) in [6.07, 6.45) is 1.88. The lowest BCUT2D eigenvalue weighted by molar-refractivity contribution is 0.0703. The van der Waals surface area contributed by atoms with Crippen molar-refractivity contribution in [3.63, 3.8) is 0 Å². The van der Waals surface area contributed by atoms with E-state index in [-0.39, 0.29) is 11.8 Å². The van der Waals surface area contributed by atoms with Gasteiger partial charge in [0.05, 0.1) is 17.9 Å². The maximum atomic E-state index is 12.6. The second-order valence-electron chi connectivity index (χ2n) is 6.24. The van der Waals surface area contributed by atoms with Gasteiger partial charge in [-0.25, -0.2) is 0 Å². The normalized spacial score (nSPS) is 17.3. The minimum absolute atomic E-state index is 0.0761. The summed E-state index contributed by atoms with van der Waals surface area (Å²) in [5, 5.41) is 10.3. The van der Waals surface area contributed by atoms with Crippen LogP contribution in [0.5, 0.6) is 5.75 Å². The Balaban J connectivity index is 1.49. The summed E-state index contributed by atoms with van der Waals surface area (Å²) < 4.78 is 11.1. The van der Waals surface area contributed by atoms with Gasteiger partial charge in [0.1, 0.15) is 5.75 Å². The minimum Gasteiger partial charge on any atom is -0.497 e. The molecule has 0 radical (unpaired) electrons. The van der Waals surface area contributed by atoms with Crippen molar-refractivity contribution in [2.24, 2.45) is 0 Å². The highest BCUT2D eigenvalue weighted by Crippen LogP contribution is 2.30. The van der Waals surface area contributed by atoms with Gasteiger partial charge in [-0.15, -0.1) is 21.5 Å². The first-order chi connectivity index (χ1) is 12.7. The molecule has 4 rings (SSSR count). The molecule has 134 valence electrons. The van der Waals surface area contributed by atoms with Crippen LogP contribution in [-0.4, -0.2) is 41.2 Å². The summed E-state index contributed by atoms with van der Waals surface area (Å²) in [5.74, 6) is 2.03. The fraction of sp³-hybridized carbons (Fsp3) is 0.316. The maximum Gasteiger partial charge on any atom is 0.263 e. The van der Waals surface area contributed by atoms with Crippen molar-refractivity contribution in [1.29, 1.82) is 0 Å². The van der Waals surface area contributed by atoms with Crippen LogP contribution < -0.4 is 4.74 Å². The number of likely N-dealkylation sites (tertiary alicyclic amines) is 1. The van der Waals surface area contributed by atoms with E-state index in [0.717, 1.165) is 35.6 Å². The largest absolute Gasteiger partial charge is 0.497 e. The smallest absolute Gasteiger partial charge is 0.263 e. The van der Waals surface area contributed by atoms with E-state index < -0.39 is 0 Å². The molecular weight excluding hydrogens is 350 g/mol. The third-order valence-electron chi connectivity index (χ3n) is 4.57. The van der Waals surface area contributed by atoms with E-state index in [4.69, 9.17) is 9.15 Å². The zero-order chi connectivity index (χ0) is 17.9. The molecule has 6 nitrogen and oxygen atoms in total. The van der Waals surface area contributed by atoms with Crippen LogP contribution in [0.4, 0.5) is 0 Å². The second-order valence-corrected chi connectivity index (χ2v) is 7.19. The average Bonchev–Trinajstić information content (AvgIpc) is 3.40. The highest BCUT2D eigenvalue weighted by Gasteiger charge is 2.29. The Morgan fingerprint density at radius 3 is 2.85 bits per heavy atom. The van der Waals surface area contributed by atoms with Crippen molar-refractivity contribution in [2.45, 2.75) is 18.8 Å². The monoisotopic (exact) mass is 369 g/mol. The molecule has 0 N–H and O–H groups in total. The standard InChI is InChI=1S/C19H19N3O3S/c1-24-15-8-6-13(7-9-15)17-20-21-18(25-17)14-4-2-10-22(12-14)19(23)16-5-3-11-26-16/h3,5-9,11,14H,2,4,10,12H2,1H3/t14-/m1/s1. The van der Waals surface area contributed by atoms with Gasteiger partial charge in [0.15, 0.2) is 0 Å². The summed E-state index contributed by atoms with van der Waals surface area (Å²) in [4.78, 5) is 15.2. The fourth-order valence-corrected chi connectivity index (χ4v) is 3.86. The third kappa shape index (κ3) is 3.35. The van der Waals surface area contributed by atoms with Crippen LogP contribution in [-0.2, 0) is 0 Å². The lowest BCUT2D eigenvalue weighted by Crippen LogP contribution is -2.38. The Morgan fingerprint density at radius 1 is 1.27 bits per heavy atom. The molecule has 3 aromatic rings. The molecular formula is C19H19N3O3S. The molecule has 1 fully saturated rings. The second kappa shape index (κ2) is 7.29. The first kappa shape index (κ1) is 16.8. The van der Waals surface area contributed by atoms with Gasteiger partial charge in [0.25, 0.3) is 5.91 Å². The summed E-state index contributed by atoms with van der Waals surface area (Å²) in [6.45, 7) is 1.38. The number of nitrogens with zero attached hydrogens (tertiary/aromatic N) is 3. The van der Waals surface area contributed by atoms with Crippen LogP contribution in [0.3, 0.4) is 0 Å². The van der Waals surface area contributed by atoms with E-state index in [1.165, 1.54) is 11.3 Å². The molecule has 3 heterocycles. The molecule has 1 aliphatic rings. The quantitative estimate of drug-likeness (QED) is 0.699. The Morgan fingerprint density at radius 2 is 2.12 bits per heavy atom. The van der Waals surface area contributed by atoms with E-state index in [1.807, 2.05) is 46.7 Å². The zero-order valence-electron chi connectivity index (χ0n) is 14.4. The van der Waals surface area contributed by atoms with Gasteiger partial charge < -0.3 is 14.1 Å². The van der Waals surface area contributed by atoms with Gasteiger partial charge >= 0.3 is 0 Å². The van der Waals surface area contributed by atoms with E-state index in [0.29, 0.717) is 18.3 Å². The molecule has 0 aliphatic carbocycles. The van der Waals surface area contributed by atoms with Crippen LogP contribution in [0.15, 0.2) is 46.2 Å². The van der Waals surface area contributed by atoms with Crippen molar-refractivity contribution in [2.75, 3.05) is 20.2 Å². The fourth-order valence-electron chi connectivity index (χ4n) is 3.17. The summed E-state index contributed by atoms with van der Waals surface area (Å²) in [7, 11) is 1.63. The molecule has 0 bridgehead atoms. The summed E-state index contributed by atoms with van der Waals surface area (Å²) in [6, 6.07) is 11.3. The first-order valence-corrected chi connectivity index (χ1v) is 9.43. The van der Waals surface area contributed by atoms with Gasteiger partial charge in [-0.3, -0.25) is 4.79 Å². The summed E-state index contributed by atoms with van der Waals surface area (Å²) in [5.41, 5.74) is 0.854. The van der Waals surface area contributed by atoms with Gasteiger partial charge in [-0.05, 0) is 48.6 Å². The molecule has 26 heavy (non-hydrogen) atoms. The Labute approximate surface area is 155 Å². The molecule has 7 heteroatoms. The maximum absolute atomic E-state index is 12.6. The van der Waals surface area contributed by atoms with Gasteiger partial charge in [0.2, 0.25) is 11.8 Å². The number of hydrogen-bond acceptors (Lipinski definition) is 6. The number of hydrogen-bond donors (Lipinski definition) is 0. The number of aromatic nitrogens is 2. The first-order valence-electron chi connectivity index (χ1n) is 8.55. The minimum atomic E-state index is 0.0761. The molecule has 0 unspecified atom stereocenters. The van der Waals surface area contributed by atoms with E-state index in [1.54, 1.807) is 7.11 Å². The number of ether oxygens (including phenoxy) is 1. The van der Waals surface area contributed by atoms with Crippen LogP contribution >= 0.6 is 11.3 Å². The molecule has 1 amide bonds. The van der Waals surface area contributed by atoms with E-state index in [2.05, 4.69) is 10.2 Å². The van der Waals surface area contributed by atoms with Crippen LogP contribution in [0.25, 0.3) is 11.5 Å². The molecule has 2 aromatic heterocycles. The number of benzene rings is 1. The number of thiophene rings is 1. The molecule has 0 saturated carbocycles. The van der Waals surface area contributed by atoms with Crippen molar-refractivity contribution in [1.82, 2.24) is 15.1 Å². The van der Waals surface area contributed by atoms with Gasteiger partial charge in [-0.1, -0.05) is 6.07 Å². The SMILES string of the molecule is COc1ccc(-c2nnc([C@@H]3CCCN(C(=O)c4cccs4)C3)o2)cc1. The number of methoxy groups -OCH3 is 1. The predicted octanol–water partition coefficient (Wildman–Crippen LogP) is 3.83. The van der Waals surface area contributed by atoms with Crippen molar-refractivity contribution < 1.29 is 13.9 Å². The van der Waals surface area contributed by atoms with Crippen LogP contribution in [0.2, 0.25) is 0 Å². The molecule has 1 saturated heterocycles. The topological polar surface area (TPSA) is 68.5 Å². The van der Waals surface area contributed by atoms with Crippen molar-refractivity contribution >= 4 is 17.2 Å². The number of amides is 1. The number of piperidine rings is 1. The summed E-state index contributed by atoms with van der Waals surface area (Å²) >= 11 is 1.47.